The van der Waals surface area contributed by atoms with Crippen LogP contribution in [0.5, 0.6) is 0 Å². The zero-order valence-corrected chi connectivity index (χ0v) is 10.3. The summed E-state index contributed by atoms with van der Waals surface area (Å²) < 4.78 is 8.32. The normalized spacial score (nSPS) is 30.9. The highest BCUT2D eigenvalue weighted by Crippen LogP contribution is 2.32. The summed E-state index contributed by atoms with van der Waals surface area (Å²) in [5, 5.41) is 0. The van der Waals surface area contributed by atoms with Crippen LogP contribution in [-0.4, -0.2) is 47.0 Å². The van der Waals surface area contributed by atoms with Gasteiger partial charge >= 0.3 is 0 Å². The molecule has 1 spiro atoms. The molecule has 2 aliphatic rings. The molecule has 0 amide bonds. The van der Waals surface area contributed by atoms with Crippen molar-refractivity contribution in [3.05, 3.63) is 0 Å². The van der Waals surface area contributed by atoms with Gasteiger partial charge in [-0.3, -0.25) is 4.90 Å². The van der Waals surface area contributed by atoms with Crippen molar-refractivity contribution in [2.24, 2.45) is 0 Å². The molecule has 0 atom stereocenters. The van der Waals surface area contributed by atoms with Gasteiger partial charge in [-0.2, -0.15) is 0 Å². The summed E-state index contributed by atoms with van der Waals surface area (Å²) in [6.45, 7) is 4.46. The fraction of sp³-hybridized carbons (Fsp3) is 1.00. The van der Waals surface area contributed by atoms with Crippen LogP contribution in [0.1, 0.15) is 19.3 Å². The Hall–Kier alpha value is 0.610. The van der Waals surface area contributed by atoms with E-state index in [1.807, 2.05) is 0 Å². The lowest BCUT2D eigenvalue weighted by Crippen LogP contribution is -2.57. The molecule has 2 fully saturated rings. The van der Waals surface area contributed by atoms with E-state index in [0.717, 1.165) is 32.5 Å². The van der Waals surface area contributed by atoms with Gasteiger partial charge in [0.25, 0.3) is 0 Å². The molecule has 2 rings (SSSR count). The van der Waals surface area contributed by atoms with Gasteiger partial charge in [0.05, 0.1) is 6.61 Å². The molecule has 4 heteroatoms. The first kappa shape index (κ1) is 10.1. The van der Waals surface area contributed by atoms with Crippen molar-refractivity contribution < 1.29 is 4.74 Å². The van der Waals surface area contributed by atoms with E-state index in [4.69, 9.17) is 4.74 Å². The van der Waals surface area contributed by atoms with Crippen LogP contribution in [0.25, 0.3) is 0 Å². The van der Waals surface area contributed by atoms with Crippen LogP contribution in [0.2, 0.25) is 0 Å². The minimum absolute atomic E-state index is 0.0833. The van der Waals surface area contributed by atoms with Gasteiger partial charge in [0.15, 0.2) is 0 Å². The van der Waals surface area contributed by atoms with Gasteiger partial charge in [-0.25, -0.2) is 3.11 Å². The molecule has 0 aromatic rings. The largest absolute Gasteiger partial charge is 0.360 e. The molecular formula is C9H17IN2O. The highest BCUT2D eigenvalue weighted by molar-refractivity contribution is 14.1. The van der Waals surface area contributed by atoms with Crippen molar-refractivity contribution in [3.8, 4) is 0 Å². The predicted octanol–water partition coefficient (Wildman–Crippen LogP) is 1.48. The predicted molar refractivity (Wildman–Crippen MR) is 60.8 cm³/mol. The van der Waals surface area contributed by atoms with E-state index >= 15 is 0 Å². The third-order valence-electron chi connectivity index (χ3n) is 3.19. The Labute approximate surface area is 93.9 Å². The Kier molecular flexibility index (Phi) is 3.12. The highest BCUT2D eigenvalue weighted by Gasteiger charge is 2.40. The van der Waals surface area contributed by atoms with Crippen molar-refractivity contribution in [1.82, 2.24) is 8.01 Å². The molecule has 0 radical (unpaired) electrons. The van der Waals surface area contributed by atoms with Gasteiger partial charge in [0.1, 0.15) is 5.72 Å². The van der Waals surface area contributed by atoms with Crippen molar-refractivity contribution >= 4 is 22.9 Å². The highest BCUT2D eigenvalue weighted by atomic mass is 127. The number of hydrogen-bond acceptors (Lipinski definition) is 3. The van der Waals surface area contributed by atoms with Gasteiger partial charge in [-0.1, -0.05) is 0 Å². The van der Waals surface area contributed by atoms with E-state index in [0.29, 0.717) is 0 Å². The summed E-state index contributed by atoms with van der Waals surface area (Å²) in [5.41, 5.74) is 0.0833. The molecule has 2 aliphatic heterocycles. The zero-order valence-electron chi connectivity index (χ0n) is 8.13. The lowest BCUT2D eigenvalue weighted by molar-refractivity contribution is -0.193. The Bertz CT molecular complexity index is 180. The second kappa shape index (κ2) is 4.00. The van der Waals surface area contributed by atoms with Crippen molar-refractivity contribution in [1.29, 1.82) is 0 Å². The van der Waals surface area contributed by atoms with Crippen LogP contribution < -0.4 is 0 Å². The summed E-state index contributed by atoms with van der Waals surface area (Å²) in [6.07, 6.45) is 3.51. The molecule has 0 saturated carbocycles. The molecular weight excluding hydrogens is 279 g/mol. The topological polar surface area (TPSA) is 15.7 Å². The molecule has 13 heavy (non-hydrogen) atoms. The van der Waals surface area contributed by atoms with Crippen molar-refractivity contribution in [2.45, 2.75) is 25.0 Å². The molecule has 3 nitrogen and oxygen atoms in total. The van der Waals surface area contributed by atoms with Crippen LogP contribution in [0, 0.1) is 0 Å². The third-order valence-corrected chi connectivity index (χ3v) is 4.16. The van der Waals surface area contributed by atoms with Crippen molar-refractivity contribution in [2.75, 3.05) is 33.3 Å². The fourth-order valence-corrected chi connectivity index (χ4v) is 2.72. The fourth-order valence-electron chi connectivity index (χ4n) is 2.23. The van der Waals surface area contributed by atoms with Gasteiger partial charge in [-0.05, 0) is 13.5 Å². The number of nitrogens with zero attached hydrogens (tertiary/aromatic N) is 2. The molecule has 2 saturated heterocycles. The van der Waals surface area contributed by atoms with Crippen LogP contribution in [0.3, 0.4) is 0 Å². The first-order valence-corrected chi connectivity index (χ1v) is 5.95. The first-order chi connectivity index (χ1) is 6.23. The smallest absolute Gasteiger partial charge is 0.123 e. The van der Waals surface area contributed by atoms with E-state index in [-0.39, 0.29) is 5.72 Å². The van der Waals surface area contributed by atoms with Gasteiger partial charge < -0.3 is 4.74 Å². The Morgan fingerprint density at radius 3 is 2.54 bits per heavy atom. The number of ether oxygens (including phenoxy) is 1. The van der Waals surface area contributed by atoms with Crippen molar-refractivity contribution in [3.63, 3.8) is 0 Å². The maximum Gasteiger partial charge on any atom is 0.123 e. The average molecular weight is 296 g/mol. The summed E-state index contributed by atoms with van der Waals surface area (Å²) in [5.74, 6) is 0. The number of piperidine rings is 1. The van der Waals surface area contributed by atoms with E-state index in [1.54, 1.807) is 0 Å². The quantitative estimate of drug-likeness (QED) is 0.497. The number of hydrogen-bond donors (Lipinski definition) is 0. The van der Waals surface area contributed by atoms with Gasteiger partial charge in [0, 0.05) is 55.3 Å². The Morgan fingerprint density at radius 2 is 1.92 bits per heavy atom. The molecule has 0 aromatic carbocycles. The van der Waals surface area contributed by atoms with E-state index in [1.165, 1.54) is 13.0 Å². The van der Waals surface area contributed by atoms with Crippen LogP contribution in [-0.2, 0) is 4.74 Å². The second-order valence-corrected chi connectivity index (χ2v) is 5.34. The molecule has 76 valence electrons. The molecule has 2 heterocycles. The molecule has 0 unspecified atom stereocenters. The lowest BCUT2D eigenvalue weighted by atomic mass is 9.98. The first-order valence-electron chi connectivity index (χ1n) is 4.99. The molecule has 0 N–H and O–H groups in total. The molecule has 0 aromatic heterocycles. The Balaban J connectivity index is 2.01. The lowest BCUT2D eigenvalue weighted by Gasteiger charge is -2.48. The Morgan fingerprint density at radius 1 is 1.23 bits per heavy atom. The standard InChI is InChI=1S/C9H17IN2O/c1-11-5-2-8-13-9(11)3-6-12(10)7-4-9/h2-8H2,1H3. The summed E-state index contributed by atoms with van der Waals surface area (Å²) in [6, 6.07) is 0. The minimum Gasteiger partial charge on any atom is -0.360 e. The average Bonchev–Trinajstić information content (AvgIpc) is 2.15. The van der Waals surface area contributed by atoms with Crippen LogP contribution in [0.15, 0.2) is 0 Å². The van der Waals surface area contributed by atoms with E-state index < -0.39 is 0 Å². The third kappa shape index (κ3) is 2.00. The van der Waals surface area contributed by atoms with Crippen LogP contribution in [0.4, 0.5) is 0 Å². The van der Waals surface area contributed by atoms with Crippen LogP contribution >= 0.6 is 22.9 Å². The SMILES string of the molecule is CN1CCCOC12CCN(I)CC2. The second-order valence-electron chi connectivity index (χ2n) is 3.98. The molecule has 0 aliphatic carbocycles. The minimum atomic E-state index is 0.0833. The summed E-state index contributed by atoms with van der Waals surface area (Å²) >= 11 is 2.40. The van der Waals surface area contributed by atoms with Gasteiger partial charge in [-0.15, -0.1) is 0 Å². The van der Waals surface area contributed by atoms with E-state index in [2.05, 4.69) is 37.9 Å². The molecule has 0 bridgehead atoms. The van der Waals surface area contributed by atoms with Gasteiger partial charge in [0.2, 0.25) is 0 Å². The maximum absolute atomic E-state index is 5.96. The summed E-state index contributed by atoms with van der Waals surface area (Å²) in [7, 11) is 2.20. The number of rotatable bonds is 0. The number of halogens is 1. The summed E-state index contributed by atoms with van der Waals surface area (Å²) in [4.78, 5) is 2.40. The monoisotopic (exact) mass is 296 g/mol. The van der Waals surface area contributed by atoms with E-state index in [9.17, 15) is 0 Å². The maximum atomic E-state index is 5.96. The zero-order chi connectivity index (χ0) is 9.31.